The van der Waals surface area contributed by atoms with E-state index in [4.69, 9.17) is 16.0 Å². The molecule has 0 bridgehead atoms. The van der Waals surface area contributed by atoms with Gasteiger partial charge < -0.3 is 14.3 Å². The number of rotatable bonds is 4. The van der Waals surface area contributed by atoms with E-state index in [1.54, 1.807) is 42.6 Å². The van der Waals surface area contributed by atoms with Crippen molar-refractivity contribution in [2.75, 3.05) is 5.32 Å². The number of amides is 1. The average molecular weight is 330 g/mol. The molecular formula is C16H12ClN3O3. The van der Waals surface area contributed by atoms with E-state index in [0.29, 0.717) is 16.6 Å². The van der Waals surface area contributed by atoms with Gasteiger partial charge in [0.15, 0.2) is 5.76 Å². The number of carbonyl (C=O) groups excluding carboxylic acids is 1. The summed E-state index contributed by atoms with van der Waals surface area (Å²) >= 11 is 5.74. The van der Waals surface area contributed by atoms with Gasteiger partial charge in [-0.05, 0) is 30.3 Å². The zero-order valence-corrected chi connectivity index (χ0v) is 12.7. The number of hydrogen-bond acceptors (Lipinski definition) is 4. The van der Waals surface area contributed by atoms with Crippen molar-refractivity contribution >= 4 is 23.3 Å². The minimum Gasteiger partial charge on any atom is -0.454 e. The van der Waals surface area contributed by atoms with Gasteiger partial charge in [-0.25, -0.2) is 4.98 Å². The molecule has 3 rings (SSSR count). The van der Waals surface area contributed by atoms with E-state index in [2.05, 4.69) is 10.3 Å². The Labute approximate surface area is 136 Å². The highest BCUT2D eigenvalue weighted by Crippen LogP contribution is 2.13. The maximum absolute atomic E-state index is 12.1. The Balaban J connectivity index is 1.71. The lowest BCUT2D eigenvalue weighted by Crippen LogP contribution is -2.18. The molecule has 23 heavy (non-hydrogen) atoms. The smallest absolute Gasteiger partial charge is 0.292 e. The highest BCUT2D eigenvalue weighted by molar-refractivity contribution is 6.30. The third kappa shape index (κ3) is 3.67. The Morgan fingerprint density at radius 2 is 2.09 bits per heavy atom. The van der Waals surface area contributed by atoms with Crippen LogP contribution in [0, 0.1) is 0 Å². The van der Waals surface area contributed by atoms with Crippen molar-refractivity contribution in [2.24, 2.45) is 0 Å². The molecule has 0 saturated heterocycles. The van der Waals surface area contributed by atoms with Gasteiger partial charge in [-0.1, -0.05) is 17.7 Å². The highest BCUT2D eigenvalue weighted by Gasteiger charge is 2.12. The zero-order chi connectivity index (χ0) is 16.2. The molecule has 116 valence electrons. The monoisotopic (exact) mass is 329 g/mol. The molecule has 7 heteroatoms. The molecule has 0 unspecified atom stereocenters. The van der Waals surface area contributed by atoms with Crippen molar-refractivity contribution in [3.8, 4) is 0 Å². The minimum absolute atomic E-state index is 0.139. The lowest BCUT2D eigenvalue weighted by Gasteiger charge is -2.03. The lowest BCUT2D eigenvalue weighted by atomic mass is 10.4. The van der Waals surface area contributed by atoms with E-state index in [1.165, 1.54) is 16.8 Å². The van der Waals surface area contributed by atoms with Crippen LogP contribution in [-0.2, 0) is 6.54 Å². The summed E-state index contributed by atoms with van der Waals surface area (Å²) in [6, 6.07) is 11.3. The van der Waals surface area contributed by atoms with E-state index < -0.39 is 5.91 Å². The van der Waals surface area contributed by atoms with Crippen LogP contribution in [0.5, 0.6) is 0 Å². The quantitative estimate of drug-likeness (QED) is 0.798. The van der Waals surface area contributed by atoms with Crippen LogP contribution in [0.3, 0.4) is 0 Å². The Kier molecular flexibility index (Phi) is 4.25. The predicted octanol–water partition coefficient (Wildman–Crippen LogP) is 2.79. The van der Waals surface area contributed by atoms with Crippen molar-refractivity contribution in [1.82, 2.24) is 9.55 Å². The molecular weight excluding hydrogens is 318 g/mol. The Morgan fingerprint density at radius 3 is 2.83 bits per heavy atom. The van der Waals surface area contributed by atoms with Crippen LogP contribution in [0.2, 0.25) is 5.02 Å². The van der Waals surface area contributed by atoms with Gasteiger partial charge in [-0.3, -0.25) is 9.59 Å². The van der Waals surface area contributed by atoms with Crippen molar-refractivity contribution in [2.45, 2.75) is 6.54 Å². The van der Waals surface area contributed by atoms with E-state index in [9.17, 15) is 9.59 Å². The predicted molar refractivity (Wildman–Crippen MR) is 85.7 cm³/mol. The fourth-order valence-corrected chi connectivity index (χ4v) is 2.08. The van der Waals surface area contributed by atoms with Gasteiger partial charge in [0.25, 0.3) is 11.5 Å². The molecule has 0 aliphatic rings. The summed E-state index contributed by atoms with van der Waals surface area (Å²) in [5.74, 6) is 0.594. The molecule has 0 fully saturated rings. The molecule has 0 atom stereocenters. The SMILES string of the molecule is O=C(Nc1ccc(Cl)cn1)c1ccc(Cn2ccccc2=O)o1. The van der Waals surface area contributed by atoms with Crippen molar-refractivity contribution in [3.05, 3.63) is 81.8 Å². The topological polar surface area (TPSA) is 77.1 Å². The summed E-state index contributed by atoms with van der Waals surface area (Å²) in [6.07, 6.45) is 3.09. The summed E-state index contributed by atoms with van der Waals surface area (Å²) < 4.78 is 6.96. The number of nitrogens with zero attached hydrogens (tertiary/aromatic N) is 2. The summed E-state index contributed by atoms with van der Waals surface area (Å²) in [5, 5.41) is 3.09. The molecule has 3 aromatic heterocycles. The van der Waals surface area contributed by atoms with Crippen molar-refractivity contribution in [3.63, 3.8) is 0 Å². The van der Waals surface area contributed by atoms with Gasteiger partial charge in [0, 0.05) is 18.5 Å². The first-order valence-corrected chi connectivity index (χ1v) is 7.17. The van der Waals surface area contributed by atoms with Crippen LogP contribution in [0.4, 0.5) is 5.82 Å². The first-order valence-electron chi connectivity index (χ1n) is 6.79. The number of aromatic nitrogens is 2. The molecule has 6 nitrogen and oxygen atoms in total. The van der Waals surface area contributed by atoms with E-state index >= 15 is 0 Å². The second-order valence-electron chi connectivity index (χ2n) is 4.75. The Bertz CT molecular complexity index is 884. The second kappa shape index (κ2) is 6.50. The van der Waals surface area contributed by atoms with Gasteiger partial charge >= 0.3 is 0 Å². The number of carbonyl (C=O) groups is 1. The number of hydrogen-bond donors (Lipinski definition) is 1. The summed E-state index contributed by atoms with van der Waals surface area (Å²) in [5.41, 5.74) is -0.139. The second-order valence-corrected chi connectivity index (χ2v) is 5.18. The third-order valence-electron chi connectivity index (χ3n) is 3.08. The Morgan fingerprint density at radius 1 is 1.22 bits per heavy atom. The van der Waals surface area contributed by atoms with Gasteiger partial charge in [0.1, 0.15) is 11.6 Å². The fraction of sp³-hybridized carbons (Fsp3) is 0.0625. The molecule has 0 aromatic carbocycles. The van der Waals surface area contributed by atoms with Crippen LogP contribution >= 0.6 is 11.6 Å². The van der Waals surface area contributed by atoms with Gasteiger partial charge in [-0.15, -0.1) is 0 Å². The fourth-order valence-electron chi connectivity index (χ4n) is 1.97. The van der Waals surface area contributed by atoms with E-state index in [-0.39, 0.29) is 17.9 Å². The molecule has 0 radical (unpaired) electrons. The number of anilines is 1. The Hall–Kier alpha value is -2.86. The largest absolute Gasteiger partial charge is 0.454 e. The van der Waals surface area contributed by atoms with E-state index in [0.717, 1.165) is 0 Å². The summed E-state index contributed by atoms with van der Waals surface area (Å²) in [4.78, 5) is 27.7. The minimum atomic E-state index is -0.425. The van der Waals surface area contributed by atoms with Crippen LogP contribution in [0.15, 0.2) is 64.1 Å². The zero-order valence-electron chi connectivity index (χ0n) is 11.9. The molecule has 0 aliphatic carbocycles. The molecule has 1 N–H and O–H groups in total. The number of nitrogens with one attached hydrogen (secondary N) is 1. The van der Waals surface area contributed by atoms with Crippen LogP contribution in [-0.4, -0.2) is 15.5 Å². The number of furan rings is 1. The normalized spacial score (nSPS) is 10.5. The van der Waals surface area contributed by atoms with E-state index in [1.807, 2.05) is 0 Å². The van der Waals surface area contributed by atoms with Crippen LogP contribution in [0.1, 0.15) is 16.3 Å². The molecule has 1 amide bonds. The van der Waals surface area contributed by atoms with Crippen molar-refractivity contribution < 1.29 is 9.21 Å². The van der Waals surface area contributed by atoms with Gasteiger partial charge in [0.05, 0.1) is 11.6 Å². The maximum atomic E-state index is 12.1. The summed E-state index contributed by atoms with van der Waals surface area (Å²) in [6.45, 7) is 0.256. The van der Waals surface area contributed by atoms with Gasteiger partial charge in [-0.2, -0.15) is 0 Å². The molecule has 0 spiro atoms. The highest BCUT2D eigenvalue weighted by atomic mass is 35.5. The first-order chi connectivity index (χ1) is 11.1. The standard InChI is InChI=1S/C16H12ClN3O3/c17-11-4-7-14(18-9-11)19-16(22)13-6-5-12(23-13)10-20-8-2-1-3-15(20)21/h1-9H,10H2,(H,18,19,22). The van der Waals surface area contributed by atoms with Crippen LogP contribution < -0.4 is 10.9 Å². The third-order valence-corrected chi connectivity index (χ3v) is 3.30. The molecule has 3 heterocycles. The molecule has 0 aliphatic heterocycles. The van der Waals surface area contributed by atoms with Gasteiger partial charge in [0.2, 0.25) is 0 Å². The maximum Gasteiger partial charge on any atom is 0.292 e. The van der Waals surface area contributed by atoms with Crippen LogP contribution in [0.25, 0.3) is 0 Å². The first kappa shape index (κ1) is 15.1. The summed E-state index contributed by atoms with van der Waals surface area (Å²) in [7, 11) is 0. The number of pyridine rings is 2. The average Bonchev–Trinajstić information content (AvgIpc) is 3.01. The molecule has 0 saturated carbocycles. The molecule has 3 aromatic rings. The van der Waals surface area contributed by atoms with Crippen molar-refractivity contribution in [1.29, 1.82) is 0 Å². The number of halogens is 1. The lowest BCUT2D eigenvalue weighted by molar-refractivity contribution is 0.0994.